The SMILES string of the molecule is CC(C(=O)N(C)Cc1cccc(F)c1)N1CCN(S(=O)(=O)c2ccc3ccccc3c2)CC1. The van der Waals surface area contributed by atoms with Gasteiger partial charge in [0.15, 0.2) is 0 Å². The predicted octanol–water partition coefficient (Wildman–Crippen LogP) is 3.33. The summed E-state index contributed by atoms with van der Waals surface area (Å²) < 4.78 is 41.3. The minimum Gasteiger partial charge on any atom is -0.340 e. The van der Waals surface area contributed by atoms with Gasteiger partial charge in [0, 0.05) is 39.8 Å². The van der Waals surface area contributed by atoms with Crippen LogP contribution in [0, 0.1) is 5.82 Å². The number of likely N-dealkylation sites (N-methyl/N-ethyl adjacent to an activating group) is 1. The molecule has 3 aromatic carbocycles. The van der Waals surface area contributed by atoms with E-state index in [0.717, 1.165) is 16.3 Å². The Morgan fingerprint density at radius 1 is 0.970 bits per heavy atom. The molecule has 0 aliphatic carbocycles. The Morgan fingerprint density at radius 3 is 2.36 bits per heavy atom. The fourth-order valence-electron chi connectivity index (χ4n) is 4.27. The van der Waals surface area contributed by atoms with Crippen LogP contribution < -0.4 is 0 Å². The van der Waals surface area contributed by atoms with Crippen molar-refractivity contribution in [1.29, 1.82) is 0 Å². The van der Waals surface area contributed by atoms with Crippen LogP contribution in [0.2, 0.25) is 0 Å². The normalized spacial score (nSPS) is 16.6. The van der Waals surface area contributed by atoms with Crippen LogP contribution in [-0.4, -0.2) is 67.7 Å². The summed E-state index contributed by atoms with van der Waals surface area (Å²) >= 11 is 0. The number of carbonyl (C=O) groups is 1. The first-order valence-corrected chi connectivity index (χ1v) is 12.4. The maximum Gasteiger partial charge on any atom is 0.243 e. The maximum atomic E-state index is 13.4. The van der Waals surface area contributed by atoms with Gasteiger partial charge >= 0.3 is 0 Å². The summed E-state index contributed by atoms with van der Waals surface area (Å²) in [5.41, 5.74) is 0.726. The summed E-state index contributed by atoms with van der Waals surface area (Å²) in [6, 6.07) is 18.7. The van der Waals surface area contributed by atoms with Crippen LogP contribution in [0.25, 0.3) is 10.8 Å². The molecule has 6 nitrogen and oxygen atoms in total. The Hall–Kier alpha value is -2.81. The van der Waals surface area contributed by atoms with Crippen LogP contribution in [0.1, 0.15) is 12.5 Å². The molecule has 1 saturated heterocycles. The van der Waals surface area contributed by atoms with E-state index < -0.39 is 16.1 Å². The van der Waals surface area contributed by atoms with Crippen molar-refractivity contribution < 1.29 is 17.6 Å². The minimum absolute atomic E-state index is 0.0786. The molecule has 8 heteroatoms. The van der Waals surface area contributed by atoms with Gasteiger partial charge in [0.2, 0.25) is 15.9 Å². The molecule has 0 spiro atoms. The molecule has 1 fully saturated rings. The van der Waals surface area contributed by atoms with E-state index in [1.54, 1.807) is 36.2 Å². The summed E-state index contributed by atoms with van der Waals surface area (Å²) in [7, 11) is -1.91. The summed E-state index contributed by atoms with van der Waals surface area (Å²) in [5, 5.41) is 1.88. The average Bonchev–Trinajstić information content (AvgIpc) is 2.83. The number of halogens is 1. The molecule has 33 heavy (non-hydrogen) atoms. The highest BCUT2D eigenvalue weighted by Crippen LogP contribution is 2.23. The first-order chi connectivity index (χ1) is 15.8. The maximum absolute atomic E-state index is 13.4. The van der Waals surface area contributed by atoms with Gasteiger partial charge in [-0.1, -0.05) is 42.5 Å². The van der Waals surface area contributed by atoms with Crippen LogP contribution in [0.5, 0.6) is 0 Å². The number of carbonyl (C=O) groups excluding carboxylic acids is 1. The van der Waals surface area contributed by atoms with E-state index in [1.165, 1.54) is 16.4 Å². The van der Waals surface area contributed by atoms with Crippen molar-refractivity contribution in [3.63, 3.8) is 0 Å². The average molecular weight is 470 g/mol. The molecule has 1 amide bonds. The lowest BCUT2D eigenvalue weighted by molar-refractivity contribution is -0.136. The van der Waals surface area contributed by atoms with Crippen molar-refractivity contribution in [3.8, 4) is 0 Å². The number of sulfonamides is 1. The molecule has 4 rings (SSSR count). The number of hydrogen-bond donors (Lipinski definition) is 0. The number of piperazine rings is 1. The van der Waals surface area contributed by atoms with E-state index in [-0.39, 0.29) is 16.6 Å². The predicted molar refractivity (Wildman–Crippen MR) is 127 cm³/mol. The number of fused-ring (bicyclic) bond motifs is 1. The fourth-order valence-corrected chi connectivity index (χ4v) is 5.73. The van der Waals surface area contributed by atoms with Gasteiger partial charge in [0.1, 0.15) is 5.82 Å². The Kier molecular flexibility index (Phi) is 6.78. The van der Waals surface area contributed by atoms with Crippen molar-refractivity contribution in [1.82, 2.24) is 14.1 Å². The van der Waals surface area contributed by atoms with Crippen molar-refractivity contribution in [2.75, 3.05) is 33.2 Å². The molecule has 1 heterocycles. The second-order valence-corrected chi connectivity index (χ2v) is 10.4. The molecule has 0 aromatic heterocycles. The zero-order valence-electron chi connectivity index (χ0n) is 18.8. The quantitative estimate of drug-likeness (QED) is 0.556. The number of amides is 1. The van der Waals surface area contributed by atoms with Gasteiger partial charge in [-0.05, 0) is 47.5 Å². The molecule has 0 saturated carbocycles. The molecule has 1 atom stereocenters. The molecular formula is C25H28FN3O3S. The molecule has 174 valence electrons. The number of rotatable bonds is 6. The zero-order valence-corrected chi connectivity index (χ0v) is 19.6. The Morgan fingerprint density at radius 2 is 1.67 bits per heavy atom. The van der Waals surface area contributed by atoms with Crippen molar-refractivity contribution in [2.45, 2.75) is 24.4 Å². The first-order valence-electron chi connectivity index (χ1n) is 11.0. The number of nitrogens with zero attached hydrogens (tertiary/aromatic N) is 3. The van der Waals surface area contributed by atoms with Gasteiger partial charge < -0.3 is 4.90 Å². The highest BCUT2D eigenvalue weighted by Gasteiger charge is 2.32. The first kappa shape index (κ1) is 23.4. The van der Waals surface area contributed by atoms with Gasteiger partial charge in [0.25, 0.3) is 0 Å². The van der Waals surface area contributed by atoms with Crippen molar-refractivity contribution >= 4 is 26.7 Å². The molecule has 3 aromatic rings. The summed E-state index contributed by atoms with van der Waals surface area (Å²) in [6.07, 6.45) is 0. The molecule has 1 aliphatic rings. The van der Waals surface area contributed by atoms with E-state index in [9.17, 15) is 17.6 Å². The van der Waals surface area contributed by atoms with E-state index in [1.807, 2.05) is 42.2 Å². The third kappa shape index (κ3) is 5.08. The summed E-state index contributed by atoms with van der Waals surface area (Å²) in [4.78, 5) is 16.8. The van der Waals surface area contributed by atoms with Gasteiger partial charge in [-0.25, -0.2) is 12.8 Å². The van der Waals surface area contributed by atoms with Crippen LogP contribution in [0.3, 0.4) is 0 Å². The van der Waals surface area contributed by atoms with Crippen molar-refractivity contribution in [3.05, 3.63) is 78.1 Å². The standard InChI is InChI=1S/C25H28FN3O3S/c1-19(25(30)27(2)18-20-6-5-9-23(26)16-20)28-12-14-29(15-13-28)33(31,32)24-11-10-21-7-3-4-8-22(21)17-24/h3-11,16-17,19H,12-15,18H2,1-2H3. The van der Waals surface area contributed by atoms with Crippen LogP contribution in [0.4, 0.5) is 4.39 Å². The topological polar surface area (TPSA) is 60.9 Å². The lowest BCUT2D eigenvalue weighted by Crippen LogP contribution is -2.54. The Bertz CT molecular complexity index is 1260. The molecule has 0 N–H and O–H groups in total. The fraction of sp³-hybridized carbons (Fsp3) is 0.320. The third-order valence-corrected chi connectivity index (χ3v) is 8.12. The zero-order chi connectivity index (χ0) is 23.6. The van der Waals surface area contributed by atoms with Crippen LogP contribution in [0.15, 0.2) is 71.6 Å². The lowest BCUT2D eigenvalue weighted by Gasteiger charge is -2.38. The monoisotopic (exact) mass is 469 g/mol. The largest absolute Gasteiger partial charge is 0.340 e. The van der Waals surface area contributed by atoms with Crippen molar-refractivity contribution in [2.24, 2.45) is 0 Å². The Labute approximate surface area is 194 Å². The second kappa shape index (κ2) is 9.59. The molecule has 0 radical (unpaired) electrons. The minimum atomic E-state index is -3.61. The van der Waals surface area contributed by atoms with E-state index >= 15 is 0 Å². The molecule has 1 unspecified atom stereocenters. The molecular weight excluding hydrogens is 441 g/mol. The molecule has 1 aliphatic heterocycles. The van der Waals surface area contributed by atoms with Gasteiger partial charge in [-0.2, -0.15) is 4.31 Å². The lowest BCUT2D eigenvalue weighted by atomic mass is 10.1. The third-order valence-electron chi connectivity index (χ3n) is 6.22. The van der Waals surface area contributed by atoms with Gasteiger partial charge in [0.05, 0.1) is 10.9 Å². The van der Waals surface area contributed by atoms with E-state index in [2.05, 4.69) is 0 Å². The smallest absolute Gasteiger partial charge is 0.243 e. The Balaban J connectivity index is 1.38. The van der Waals surface area contributed by atoms with Crippen LogP contribution in [-0.2, 0) is 21.4 Å². The number of hydrogen-bond acceptors (Lipinski definition) is 4. The summed E-state index contributed by atoms with van der Waals surface area (Å²) in [6.45, 7) is 3.72. The van der Waals surface area contributed by atoms with Gasteiger partial charge in [-0.15, -0.1) is 0 Å². The summed E-state index contributed by atoms with van der Waals surface area (Å²) in [5.74, 6) is -0.407. The van der Waals surface area contributed by atoms with E-state index in [4.69, 9.17) is 0 Å². The molecule has 0 bridgehead atoms. The highest BCUT2D eigenvalue weighted by molar-refractivity contribution is 7.89. The highest BCUT2D eigenvalue weighted by atomic mass is 32.2. The van der Waals surface area contributed by atoms with Crippen LogP contribution >= 0.6 is 0 Å². The second-order valence-electron chi connectivity index (χ2n) is 8.45. The van der Waals surface area contributed by atoms with E-state index in [0.29, 0.717) is 32.7 Å². The number of benzene rings is 3. The van der Waals surface area contributed by atoms with Gasteiger partial charge in [-0.3, -0.25) is 9.69 Å².